The molecule has 1 aliphatic rings. The van der Waals surface area contributed by atoms with Crippen LogP contribution in [0.1, 0.15) is 19.3 Å². The van der Waals surface area contributed by atoms with E-state index in [9.17, 15) is 14.0 Å². The van der Waals surface area contributed by atoms with E-state index >= 15 is 0 Å². The first kappa shape index (κ1) is 19.2. The molecule has 5 nitrogen and oxygen atoms in total. The Kier molecular flexibility index (Phi) is 6.70. The second kappa shape index (κ2) is 9.41. The van der Waals surface area contributed by atoms with Crippen LogP contribution in [-0.2, 0) is 9.59 Å². The third kappa shape index (κ3) is 5.72. The molecule has 0 aliphatic carbocycles. The Balaban J connectivity index is 1.32. The van der Waals surface area contributed by atoms with Gasteiger partial charge in [0.1, 0.15) is 11.6 Å². The summed E-state index contributed by atoms with van der Waals surface area (Å²) in [6, 6.07) is 13.4. The monoisotopic (exact) mass is 388 g/mol. The summed E-state index contributed by atoms with van der Waals surface area (Å²) in [7, 11) is 0. The Hall–Kier alpha value is -2.54. The second-order valence-electron chi connectivity index (χ2n) is 6.16. The minimum Gasteiger partial charge on any atom is -0.494 e. The Labute approximate surface area is 161 Å². The molecule has 142 valence electrons. The van der Waals surface area contributed by atoms with E-state index in [1.165, 1.54) is 23.9 Å². The van der Waals surface area contributed by atoms with E-state index in [-0.39, 0.29) is 24.1 Å². The van der Waals surface area contributed by atoms with E-state index in [1.807, 2.05) is 24.3 Å². The Morgan fingerprint density at radius 1 is 1.15 bits per heavy atom. The number of halogens is 1. The molecule has 0 saturated heterocycles. The maximum absolute atomic E-state index is 12.8. The fraction of sp³-hybridized carbons (Fsp3) is 0.300. The van der Waals surface area contributed by atoms with Crippen molar-refractivity contribution < 1.29 is 18.7 Å². The largest absolute Gasteiger partial charge is 0.494 e. The van der Waals surface area contributed by atoms with Crippen LogP contribution < -0.4 is 15.4 Å². The molecule has 27 heavy (non-hydrogen) atoms. The molecule has 0 aromatic heterocycles. The predicted octanol–water partition coefficient (Wildman–Crippen LogP) is 3.60. The van der Waals surface area contributed by atoms with Crippen molar-refractivity contribution in [1.82, 2.24) is 5.32 Å². The number of amides is 2. The van der Waals surface area contributed by atoms with Crippen LogP contribution >= 0.6 is 11.8 Å². The molecule has 1 aliphatic heterocycles. The minimum atomic E-state index is -0.415. The van der Waals surface area contributed by atoms with Crippen LogP contribution in [0.4, 0.5) is 10.1 Å². The summed E-state index contributed by atoms with van der Waals surface area (Å²) in [5.74, 6) is 0.0578. The minimum absolute atomic E-state index is 0.137. The molecule has 0 unspecified atom stereocenters. The number of rotatable bonds is 8. The van der Waals surface area contributed by atoms with Crippen molar-refractivity contribution in [3.63, 3.8) is 0 Å². The normalized spacial score (nSPS) is 15.6. The van der Waals surface area contributed by atoms with Crippen molar-refractivity contribution in [2.24, 2.45) is 0 Å². The lowest BCUT2D eigenvalue weighted by Gasteiger charge is -2.23. The highest BCUT2D eigenvalue weighted by Crippen LogP contribution is 2.36. The van der Waals surface area contributed by atoms with Crippen LogP contribution in [0, 0.1) is 5.82 Å². The quantitative estimate of drug-likeness (QED) is 0.678. The number of unbranched alkanes of at least 4 members (excludes halogenated alkanes) is 1. The first-order valence-electron chi connectivity index (χ1n) is 8.83. The van der Waals surface area contributed by atoms with Gasteiger partial charge in [-0.25, -0.2) is 4.39 Å². The fourth-order valence-electron chi connectivity index (χ4n) is 2.64. The maximum Gasteiger partial charge on any atom is 0.238 e. The summed E-state index contributed by atoms with van der Waals surface area (Å²) in [5.41, 5.74) is 0.797. The fourth-order valence-corrected chi connectivity index (χ4v) is 3.75. The maximum atomic E-state index is 12.8. The highest BCUT2D eigenvalue weighted by atomic mass is 32.2. The van der Waals surface area contributed by atoms with E-state index in [1.54, 1.807) is 12.1 Å². The zero-order valence-electron chi connectivity index (χ0n) is 14.7. The van der Waals surface area contributed by atoms with E-state index in [0.29, 0.717) is 18.9 Å². The summed E-state index contributed by atoms with van der Waals surface area (Å²) >= 11 is 1.42. The van der Waals surface area contributed by atoms with Crippen LogP contribution in [-0.4, -0.2) is 30.2 Å². The summed E-state index contributed by atoms with van der Waals surface area (Å²) in [6.45, 7) is 1.03. The van der Waals surface area contributed by atoms with Crippen LogP contribution in [0.15, 0.2) is 53.4 Å². The number of para-hydroxylation sites is 1. The highest BCUT2D eigenvalue weighted by molar-refractivity contribution is 8.01. The van der Waals surface area contributed by atoms with Gasteiger partial charge in [-0.05, 0) is 49.2 Å². The lowest BCUT2D eigenvalue weighted by Crippen LogP contribution is -2.35. The number of anilines is 1. The van der Waals surface area contributed by atoms with Crippen molar-refractivity contribution >= 4 is 29.3 Å². The number of benzene rings is 2. The molecule has 3 rings (SSSR count). The van der Waals surface area contributed by atoms with Gasteiger partial charge in [-0.1, -0.05) is 12.1 Å². The summed E-state index contributed by atoms with van der Waals surface area (Å²) < 4.78 is 18.3. The summed E-state index contributed by atoms with van der Waals surface area (Å²) in [4.78, 5) is 25.2. The average Bonchev–Trinajstić information content (AvgIpc) is 2.66. The Morgan fingerprint density at radius 2 is 1.93 bits per heavy atom. The smallest absolute Gasteiger partial charge is 0.238 e. The zero-order valence-corrected chi connectivity index (χ0v) is 15.6. The van der Waals surface area contributed by atoms with E-state index in [2.05, 4.69) is 10.6 Å². The molecule has 0 fully saturated rings. The van der Waals surface area contributed by atoms with Crippen molar-refractivity contribution in [3.8, 4) is 5.75 Å². The predicted molar refractivity (Wildman–Crippen MR) is 103 cm³/mol. The Morgan fingerprint density at radius 3 is 2.74 bits per heavy atom. The lowest BCUT2D eigenvalue weighted by molar-refractivity contribution is -0.124. The molecule has 2 amide bonds. The third-order valence-electron chi connectivity index (χ3n) is 4.05. The van der Waals surface area contributed by atoms with E-state index in [0.717, 1.165) is 23.4 Å². The number of hydrogen-bond acceptors (Lipinski definition) is 4. The van der Waals surface area contributed by atoms with Crippen LogP contribution in [0.5, 0.6) is 5.75 Å². The number of nitrogens with one attached hydrogen (secondary N) is 2. The SMILES string of the molecule is O=C(C[C@@H]1Sc2ccccc2NC1=O)NCCCCOc1ccc(F)cc1. The number of carbonyl (C=O) groups excluding carboxylic acids is 2. The number of hydrogen-bond donors (Lipinski definition) is 2. The van der Waals surface area contributed by atoms with Crippen molar-refractivity contribution in [2.75, 3.05) is 18.5 Å². The molecule has 1 atom stereocenters. The van der Waals surface area contributed by atoms with Gasteiger partial charge in [0, 0.05) is 17.9 Å². The number of carbonyl (C=O) groups is 2. The average molecular weight is 388 g/mol. The van der Waals surface area contributed by atoms with Gasteiger partial charge in [0.25, 0.3) is 0 Å². The van der Waals surface area contributed by atoms with Gasteiger partial charge in [0.05, 0.1) is 17.5 Å². The molecular formula is C20H21FN2O3S. The van der Waals surface area contributed by atoms with E-state index in [4.69, 9.17) is 4.74 Å². The van der Waals surface area contributed by atoms with Crippen molar-refractivity contribution in [1.29, 1.82) is 0 Å². The first-order valence-corrected chi connectivity index (χ1v) is 9.71. The number of fused-ring (bicyclic) bond motifs is 1. The van der Waals surface area contributed by atoms with Gasteiger partial charge < -0.3 is 15.4 Å². The highest BCUT2D eigenvalue weighted by Gasteiger charge is 2.28. The molecule has 0 bridgehead atoms. The molecule has 2 aromatic rings. The molecule has 0 radical (unpaired) electrons. The standard InChI is InChI=1S/C20H21FN2O3S/c21-14-7-9-15(10-8-14)26-12-4-3-11-22-19(24)13-18-20(25)23-16-5-1-2-6-17(16)27-18/h1-2,5-10,18H,3-4,11-13H2,(H,22,24)(H,23,25)/t18-/m0/s1. The molecular weight excluding hydrogens is 367 g/mol. The third-order valence-corrected chi connectivity index (χ3v) is 5.33. The van der Waals surface area contributed by atoms with Gasteiger partial charge in [-0.3, -0.25) is 9.59 Å². The topological polar surface area (TPSA) is 67.4 Å². The van der Waals surface area contributed by atoms with Gasteiger partial charge >= 0.3 is 0 Å². The zero-order chi connectivity index (χ0) is 19.1. The lowest BCUT2D eigenvalue weighted by atomic mass is 10.2. The molecule has 1 heterocycles. The Bertz CT molecular complexity index is 798. The van der Waals surface area contributed by atoms with Gasteiger partial charge in [0.15, 0.2) is 0 Å². The van der Waals surface area contributed by atoms with Crippen LogP contribution in [0.25, 0.3) is 0 Å². The molecule has 2 aromatic carbocycles. The van der Waals surface area contributed by atoms with Gasteiger partial charge in [-0.15, -0.1) is 11.8 Å². The van der Waals surface area contributed by atoms with Gasteiger partial charge in [0.2, 0.25) is 11.8 Å². The molecule has 0 spiro atoms. The number of thioether (sulfide) groups is 1. The van der Waals surface area contributed by atoms with E-state index < -0.39 is 5.25 Å². The van der Waals surface area contributed by atoms with Crippen LogP contribution in [0.3, 0.4) is 0 Å². The van der Waals surface area contributed by atoms with Crippen molar-refractivity contribution in [2.45, 2.75) is 29.4 Å². The van der Waals surface area contributed by atoms with Crippen molar-refractivity contribution in [3.05, 3.63) is 54.3 Å². The summed E-state index contributed by atoms with van der Waals surface area (Å²) in [6.07, 6.45) is 1.68. The molecule has 0 saturated carbocycles. The second-order valence-corrected chi connectivity index (χ2v) is 7.40. The molecule has 7 heteroatoms. The van der Waals surface area contributed by atoms with Crippen LogP contribution in [0.2, 0.25) is 0 Å². The van der Waals surface area contributed by atoms with Gasteiger partial charge in [-0.2, -0.15) is 0 Å². The summed E-state index contributed by atoms with van der Waals surface area (Å²) in [5, 5.41) is 5.27. The molecule has 2 N–H and O–H groups in total. The number of ether oxygens (including phenoxy) is 1. The first-order chi connectivity index (χ1) is 13.1.